The molecular weight excluding hydrogens is 170 g/mol. The minimum atomic E-state index is -0.873. The van der Waals surface area contributed by atoms with E-state index >= 15 is 0 Å². The van der Waals surface area contributed by atoms with Crippen molar-refractivity contribution in [2.24, 2.45) is 0 Å². The Bertz CT molecular complexity index is 329. The summed E-state index contributed by atoms with van der Waals surface area (Å²) in [5.74, 6) is 0.0463. The molecule has 0 radical (unpaired) electrons. The summed E-state index contributed by atoms with van der Waals surface area (Å²) in [6.45, 7) is 5.36. The lowest BCUT2D eigenvalue weighted by atomic mass is 10.1. The molecule has 1 aromatic rings. The van der Waals surface area contributed by atoms with Crippen molar-refractivity contribution >= 4 is 5.76 Å². The number of nitrogens with zero attached hydrogens (tertiary/aromatic N) is 1. The van der Waals surface area contributed by atoms with Crippen LogP contribution in [0.2, 0.25) is 0 Å². The van der Waals surface area contributed by atoms with E-state index in [1.807, 2.05) is 19.1 Å². The third kappa shape index (κ3) is 2.59. The molecule has 0 heterocycles. The van der Waals surface area contributed by atoms with Gasteiger partial charge in [0.05, 0.1) is 0 Å². The summed E-state index contributed by atoms with van der Waals surface area (Å²) in [4.78, 5) is 14.2. The van der Waals surface area contributed by atoms with Crippen molar-refractivity contribution in [2.75, 3.05) is 0 Å². The predicted octanol–water partition coefficient (Wildman–Crippen LogP) is 2.17. The average Bonchev–Trinajstić information content (AvgIpc) is 2.04. The van der Waals surface area contributed by atoms with E-state index < -0.39 is 5.09 Å². The highest BCUT2D eigenvalue weighted by atomic mass is 17.0. The highest BCUT2D eigenvalue weighted by Gasteiger charge is 2.02. The SMILES string of the molecule is C=C(O[N+](=O)[O-])c1ccc(C)cc1. The van der Waals surface area contributed by atoms with Gasteiger partial charge in [-0.05, 0) is 6.92 Å². The molecule has 0 bridgehead atoms. The number of benzene rings is 1. The van der Waals surface area contributed by atoms with Gasteiger partial charge in [-0.3, -0.25) is 4.84 Å². The van der Waals surface area contributed by atoms with Crippen molar-refractivity contribution in [3.05, 3.63) is 52.1 Å². The van der Waals surface area contributed by atoms with Gasteiger partial charge in [-0.25, -0.2) is 0 Å². The monoisotopic (exact) mass is 179 g/mol. The van der Waals surface area contributed by atoms with Crippen molar-refractivity contribution in [3.8, 4) is 0 Å². The van der Waals surface area contributed by atoms with Crippen LogP contribution in [0.3, 0.4) is 0 Å². The Morgan fingerprint density at radius 3 is 2.46 bits per heavy atom. The molecule has 0 aromatic heterocycles. The average molecular weight is 179 g/mol. The molecule has 0 saturated heterocycles. The van der Waals surface area contributed by atoms with Crippen LogP contribution >= 0.6 is 0 Å². The van der Waals surface area contributed by atoms with Gasteiger partial charge < -0.3 is 0 Å². The van der Waals surface area contributed by atoms with Crippen LogP contribution in [-0.4, -0.2) is 5.09 Å². The molecular formula is C9H9NO3. The zero-order chi connectivity index (χ0) is 9.84. The van der Waals surface area contributed by atoms with E-state index in [9.17, 15) is 10.1 Å². The molecule has 1 rings (SSSR count). The molecule has 0 saturated carbocycles. The van der Waals surface area contributed by atoms with Crippen molar-refractivity contribution in [3.63, 3.8) is 0 Å². The van der Waals surface area contributed by atoms with Crippen LogP contribution in [0.15, 0.2) is 30.8 Å². The van der Waals surface area contributed by atoms with Gasteiger partial charge in [-0.1, -0.05) is 36.4 Å². The summed E-state index contributed by atoms with van der Waals surface area (Å²) < 4.78 is 0. The number of hydrogen-bond donors (Lipinski definition) is 0. The summed E-state index contributed by atoms with van der Waals surface area (Å²) >= 11 is 0. The van der Waals surface area contributed by atoms with E-state index in [1.54, 1.807) is 12.1 Å². The molecule has 0 atom stereocenters. The molecule has 0 spiro atoms. The number of rotatable bonds is 3. The fraction of sp³-hybridized carbons (Fsp3) is 0.111. The second-order valence-electron chi connectivity index (χ2n) is 2.60. The van der Waals surface area contributed by atoms with Gasteiger partial charge >= 0.3 is 0 Å². The summed E-state index contributed by atoms with van der Waals surface area (Å²) in [6, 6.07) is 7.12. The standard InChI is InChI=1S/C9H9NO3/c1-7-3-5-9(6-4-7)8(2)13-10(11)12/h3-6H,2H2,1H3. The van der Waals surface area contributed by atoms with Crippen LogP contribution < -0.4 is 0 Å². The van der Waals surface area contributed by atoms with Crippen molar-refractivity contribution in [2.45, 2.75) is 6.92 Å². The van der Waals surface area contributed by atoms with E-state index in [-0.39, 0.29) is 5.76 Å². The van der Waals surface area contributed by atoms with Crippen molar-refractivity contribution < 1.29 is 9.92 Å². The Balaban J connectivity index is 2.78. The molecule has 13 heavy (non-hydrogen) atoms. The maximum absolute atomic E-state index is 9.97. The lowest BCUT2D eigenvalue weighted by Crippen LogP contribution is -1.98. The van der Waals surface area contributed by atoms with E-state index in [4.69, 9.17) is 0 Å². The highest BCUT2D eigenvalue weighted by Crippen LogP contribution is 2.13. The molecule has 0 amide bonds. The fourth-order valence-corrected chi connectivity index (χ4v) is 0.882. The van der Waals surface area contributed by atoms with Gasteiger partial charge in [-0.2, -0.15) is 0 Å². The molecule has 0 fully saturated rings. The fourth-order valence-electron chi connectivity index (χ4n) is 0.882. The van der Waals surface area contributed by atoms with Crippen molar-refractivity contribution in [1.29, 1.82) is 0 Å². The normalized spacial score (nSPS) is 9.31. The lowest BCUT2D eigenvalue weighted by molar-refractivity contribution is -0.730. The van der Waals surface area contributed by atoms with E-state index in [0.717, 1.165) is 5.56 Å². The maximum Gasteiger partial charge on any atom is 0.299 e. The quantitative estimate of drug-likeness (QED) is 0.406. The Labute approximate surface area is 75.6 Å². The van der Waals surface area contributed by atoms with E-state index in [2.05, 4.69) is 11.4 Å². The predicted molar refractivity (Wildman–Crippen MR) is 48.3 cm³/mol. The molecule has 0 N–H and O–H groups in total. The first-order valence-electron chi connectivity index (χ1n) is 3.68. The zero-order valence-corrected chi connectivity index (χ0v) is 7.19. The Kier molecular flexibility index (Phi) is 2.64. The summed E-state index contributed by atoms with van der Waals surface area (Å²) in [7, 11) is 0. The second kappa shape index (κ2) is 3.71. The van der Waals surface area contributed by atoms with Crippen LogP contribution in [0.4, 0.5) is 0 Å². The smallest absolute Gasteiger partial charge is 0.276 e. The largest absolute Gasteiger partial charge is 0.299 e. The van der Waals surface area contributed by atoms with Crippen LogP contribution in [0.5, 0.6) is 0 Å². The van der Waals surface area contributed by atoms with Gasteiger partial charge in [0.2, 0.25) is 0 Å². The molecule has 0 aliphatic rings. The summed E-state index contributed by atoms with van der Waals surface area (Å²) in [5, 5.41) is 9.10. The van der Waals surface area contributed by atoms with Crippen LogP contribution in [0, 0.1) is 17.0 Å². The molecule has 0 aliphatic carbocycles. The first-order chi connectivity index (χ1) is 6.09. The third-order valence-electron chi connectivity index (χ3n) is 1.56. The summed E-state index contributed by atoms with van der Waals surface area (Å²) in [6.07, 6.45) is 0. The minimum absolute atomic E-state index is 0.0463. The molecule has 0 unspecified atom stereocenters. The van der Waals surface area contributed by atoms with E-state index in [0.29, 0.717) is 5.56 Å². The zero-order valence-electron chi connectivity index (χ0n) is 7.19. The Morgan fingerprint density at radius 1 is 1.46 bits per heavy atom. The van der Waals surface area contributed by atoms with Gasteiger partial charge in [-0.15, -0.1) is 10.1 Å². The molecule has 4 nitrogen and oxygen atoms in total. The van der Waals surface area contributed by atoms with E-state index in [1.165, 1.54) is 0 Å². The topological polar surface area (TPSA) is 52.4 Å². The van der Waals surface area contributed by atoms with Crippen LogP contribution in [0.1, 0.15) is 11.1 Å². The van der Waals surface area contributed by atoms with Crippen LogP contribution in [-0.2, 0) is 4.84 Å². The Hall–Kier alpha value is -1.84. The van der Waals surface area contributed by atoms with Gasteiger partial charge in [0.1, 0.15) is 5.76 Å². The third-order valence-corrected chi connectivity index (χ3v) is 1.56. The Morgan fingerprint density at radius 2 is 2.00 bits per heavy atom. The van der Waals surface area contributed by atoms with Crippen molar-refractivity contribution in [1.82, 2.24) is 0 Å². The highest BCUT2D eigenvalue weighted by molar-refractivity contribution is 5.56. The second-order valence-corrected chi connectivity index (χ2v) is 2.60. The molecule has 1 aromatic carbocycles. The molecule has 68 valence electrons. The maximum atomic E-state index is 9.97. The lowest BCUT2D eigenvalue weighted by Gasteiger charge is -2.02. The van der Waals surface area contributed by atoms with Gasteiger partial charge in [0, 0.05) is 5.56 Å². The molecule has 0 aliphatic heterocycles. The van der Waals surface area contributed by atoms with Gasteiger partial charge in [0.15, 0.2) is 0 Å². The first kappa shape index (κ1) is 9.25. The van der Waals surface area contributed by atoms with Crippen LogP contribution in [0.25, 0.3) is 5.76 Å². The summed E-state index contributed by atoms with van der Waals surface area (Å²) in [5.41, 5.74) is 1.69. The molecule has 4 heteroatoms. The number of aryl methyl sites for hydroxylation is 1. The van der Waals surface area contributed by atoms with Gasteiger partial charge in [0.25, 0.3) is 5.09 Å². The first-order valence-corrected chi connectivity index (χ1v) is 3.68. The minimum Gasteiger partial charge on any atom is -0.276 e. The number of hydrogen-bond acceptors (Lipinski definition) is 3.